The lowest BCUT2D eigenvalue weighted by molar-refractivity contribution is -0.141. The molecule has 0 aliphatic carbocycles. The van der Waals surface area contributed by atoms with Crippen LogP contribution in [0.2, 0.25) is 0 Å². The van der Waals surface area contributed by atoms with Crippen molar-refractivity contribution < 1.29 is 37.3 Å². The summed E-state index contributed by atoms with van der Waals surface area (Å²) in [5, 5.41) is 2.66. The van der Waals surface area contributed by atoms with Crippen LogP contribution in [-0.2, 0) is 18.7 Å². The van der Waals surface area contributed by atoms with Crippen molar-refractivity contribution >= 4 is 38.3 Å². The first-order chi connectivity index (χ1) is 20.5. The van der Waals surface area contributed by atoms with Gasteiger partial charge in [-0.05, 0) is 56.2 Å². The van der Waals surface area contributed by atoms with Crippen molar-refractivity contribution in [3.63, 3.8) is 0 Å². The summed E-state index contributed by atoms with van der Waals surface area (Å²) in [5.41, 5.74) is -0.776. The normalized spacial score (nSPS) is 17.2. The summed E-state index contributed by atoms with van der Waals surface area (Å²) in [6.45, 7) is 5.99. The van der Waals surface area contributed by atoms with Gasteiger partial charge in [0.2, 0.25) is 0 Å². The highest BCUT2D eigenvalue weighted by atomic mass is 31.2. The van der Waals surface area contributed by atoms with E-state index in [9.17, 15) is 23.5 Å². The Morgan fingerprint density at radius 2 is 1.40 bits per heavy atom. The zero-order chi connectivity index (χ0) is 31.2. The van der Waals surface area contributed by atoms with E-state index in [4.69, 9.17) is 13.8 Å². The van der Waals surface area contributed by atoms with Crippen molar-refractivity contribution in [3.8, 4) is 11.5 Å². The van der Waals surface area contributed by atoms with E-state index in [-0.39, 0.29) is 35.9 Å². The number of hydrogen-bond acceptors (Lipinski definition) is 8. The van der Waals surface area contributed by atoms with E-state index in [1.807, 2.05) is 0 Å². The first kappa shape index (κ1) is 31.9. The van der Waals surface area contributed by atoms with Gasteiger partial charge in [-0.1, -0.05) is 62.4 Å². The van der Waals surface area contributed by atoms with Gasteiger partial charge in [-0.3, -0.25) is 28.3 Å². The summed E-state index contributed by atoms with van der Waals surface area (Å²) in [4.78, 5) is 40.5. The molecule has 13 heteroatoms. The summed E-state index contributed by atoms with van der Waals surface area (Å²) < 4.78 is 48.7. The fourth-order valence-electron chi connectivity index (χ4n) is 4.69. The monoisotopic (exact) mass is 627 g/mol. The smallest absolute Gasteiger partial charge is 0.453 e. The second-order valence-electron chi connectivity index (χ2n) is 9.93. The van der Waals surface area contributed by atoms with Crippen LogP contribution < -0.4 is 19.0 Å². The van der Waals surface area contributed by atoms with Gasteiger partial charge in [0.25, 0.3) is 5.91 Å². The van der Waals surface area contributed by atoms with Crippen molar-refractivity contribution in [2.24, 2.45) is 5.92 Å². The van der Waals surface area contributed by atoms with Crippen molar-refractivity contribution in [2.45, 2.75) is 33.5 Å². The molecule has 0 fully saturated rings. The van der Waals surface area contributed by atoms with Gasteiger partial charge in [-0.15, -0.1) is 0 Å². The molecule has 1 N–H and O–H groups in total. The van der Waals surface area contributed by atoms with Crippen LogP contribution in [0.25, 0.3) is 0 Å². The third-order valence-corrected chi connectivity index (χ3v) is 11.8. The number of benzene rings is 3. The predicted octanol–water partition coefficient (Wildman–Crippen LogP) is 6.77. The van der Waals surface area contributed by atoms with E-state index < -0.39 is 50.8 Å². The Bertz CT molecular complexity index is 1510. The van der Waals surface area contributed by atoms with Crippen LogP contribution in [0.5, 0.6) is 11.5 Å². The van der Waals surface area contributed by atoms with Gasteiger partial charge in [0.15, 0.2) is 5.78 Å². The Labute approximate surface area is 251 Å². The van der Waals surface area contributed by atoms with Crippen LogP contribution in [-0.4, -0.2) is 47.7 Å². The van der Waals surface area contributed by atoms with Crippen LogP contribution >= 0.6 is 15.0 Å². The molecular formula is C30H35N3O8P2. The third-order valence-electron chi connectivity index (χ3n) is 6.64. The van der Waals surface area contributed by atoms with Gasteiger partial charge in [-0.25, -0.2) is 4.57 Å². The molecule has 228 valence electrons. The topological polar surface area (TPSA) is 132 Å². The number of ether oxygens (including phenoxy) is 1. The van der Waals surface area contributed by atoms with Crippen molar-refractivity contribution in [1.82, 2.24) is 9.99 Å². The van der Waals surface area contributed by atoms with Crippen LogP contribution in [0, 0.1) is 5.92 Å². The van der Waals surface area contributed by atoms with E-state index in [0.29, 0.717) is 0 Å². The Morgan fingerprint density at radius 3 is 1.91 bits per heavy atom. The number of carbonyl (C=O) groups is 3. The molecule has 0 bridgehead atoms. The molecule has 2 atom stereocenters. The highest BCUT2D eigenvalue weighted by Gasteiger charge is 2.54. The Morgan fingerprint density at radius 1 is 0.860 bits per heavy atom. The Balaban J connectivity index is 1.80. The number of carbonyl (C=O) groups excluding carboxylic acids is 3. The molecule has 1 aliphatic rings. The third kappa shape index (κ3) is 6.63. The van der Waals surface area contributed by atoms with Gasteiger partial charge in [0.05, 0.1) is 17.9 Å². The minimum atomic E-state index is -4.58. The van der Waals surface area contributed by atoms with Crippen molar-refractivity contribution in [1.29, 1.82) is 0 Å². The zero-order valence-electron chi connectivity index (χ0n) is 24.4. The van der Waals surface area contributed by atoms with E-state index in [1.165, 1.54) is 12.1 Å². The highest BCUT2D eigenvalue weighted by molar-refractivity contribution is 7.80. The first-order valence-electron chi connectivity index (χ1n) is 13.9. The summed E-state index contributed by atoms with van der Waals surface area (Å²) >= 11 is 0. The Hall–Kier alpha value is -4.07. The molecule has 2 amide bonds. The van der Waals surface area contributed by atoms with Crippen LogP contribution in [0.4, 0.5) is 10.5 Å². The molecule has 3 aromatic rings. The Kier molecular flexibility index (Phi) is 9.99. The van der Waals surface area contributed by atoms with Crippen molar-refractivity contribution in [3.05, 3.63) is 90.5 Å². The number of nitrogens with zero attached hydrogens (tertiary/aromatic N) is 2. The fraction of sp³-hybridized carbons (Fsp3) is 0.300. The lowest BCUT2D eigenvalue weighted by Gasteiger charge is -2.43. The SMILES string of the molecule is CCOC(=O)CN1c2ccccc2C(=O)N(CC)P1(=O)C(=O)NC(C(C)C)P(=O)(Oc1ccccc1)Oc1ccccc1. The van der Waals surface area contributed by atoms with Gasteiger partial charge in [0.1, 0.15) is 18.0 Å². The molecule has 0 aromatic heterocycles. The number of amides is 2. The minimum absolute atomic E-state index is 0.0630. The van der Waals surface area contributed by atoms with Crippen LogP contribution in [0.1, 0.15) is 38.1 Å². The van der Waals surface area contributed by atoms with Gasteiger partial charge in [-0.2, -0.15) is 0 Å². The van der Waals surface area contributed by atoms with E-state index in [0.717, 1.165) is 9.34 Å². The summed E-state index contributed by atoms with van der Waals surface area (Å²) in [7, 11) is -8.88. The number of rotatable bonds is 12. The summed E-state index contributed by atoms with van der Waals surface area (Å²) in [6, 6.07) is 23.0. The fourth-order valence-corrected chi connectivity index (χ4v) is 9.41. The molecule has 43 heavy (non-hydrogen) atoms. The lowest BCUT2D eigenvalue weighted by Crippen LogP contribution is -2.50. The molecule has 0 radical (unpaired) electrons. The molecular weight excluding hydrogens is 592 g/mol. The minimum Gasteiger partial charge on any atom is -0.465 e. The number of para-hydroxylation sites is 3. The maximum atomic E-state index is 15.0. The van der Waals surface area contributed by atoms with Crippen LogP contribution in [0.3, 0.4) is 0 Å². The molecule has 4 rings (SSSR count). The lowest BCUT2D eigenvalue weighted by atomic mass is 10.1. The van der Waals surface area contributed by atoms with E-state index >= 15 is 0 Å². The first-order valence-corrected chi connectivity index (χ1v) is 17.1. The molecule has 2 unspecified atom stereocenters. The number of esters is 1. The molecule has 0 spiro atoms. The highest BCUT2D eigenvalue weighted by Crippen LogP contribution is 2.61. The average Bonchev–Trinajstić information content (AvgIpc) is 2.99. The number of fused-ring (bicyclic) bond motifs is 1. The van der Waals surface area contributed by atoms with Gasteiger partial charge >= 0.3 is 26.7 Å². The van der Waals surface area contributed by atoms with Gasteiger partial charge < -0.3 is 19.1 Å². The standard InChI is InChI=1S/C30H35N3O8P2/c1-5-32-29(35)25-19-13-14-20-26(25)33(21-27(34)39-6-2)42(32,37)30(36)31-28(22(3)4)43(38,40-23-15-9-7-10-16-23)41-24-17-11-8-12-18-24/h7-20,22,28H,5-6,21H2,1-4H3,(H,31,36). The number of hydrogen-bond donors (Lipinski definition) is 1. The number of nitrogens with one attached hydrogen (secondary N) is 1. The molecule has 1 aliphatic heterocycles. The summed E-state index contributed by atoms with van der Waals surface area (Å²) in [5.74, 6) is -2.79. The maximum absolute atomic E-state index is 15.0. The number of anilines is 1. The molecule has 0 saturated carbocycles. The van der Waals surface area contributed by atoms with Crippen LogP contribution in [0.15, 0.2) is 84.9 Å². The molecule has 11 nitrogen and oxygen atoms in total. The van der Waals surface area contributed by atoms with E-state index in [2.05, 4.69) is 5.32 Å². The largest absolute Gasteiger partial charge is 0.465 e. The molecule has 0 saturated heterocycles. The summed E-state index contributed by atoms with van der Waals surface area (Å²) in [6.07, 6.45) is 0. The zero-order valence-corrected chi connectivity index (χ0v) is 26.2. The second-order valence-corrected chi connectivity index (χ2v) is 14.4. The quantitative estimate of drug-likeness (QED) is 0.171. The average molecular weight is 628 g/mol. The van der Waals surface area contributed by atoms with E-state index in [1.54, 1.807) is 100 Å². The van der Waals surface area contributed by atoms with Gasteiger partial charge in [0, 0.05) is 6.54 Å². The molecule has 1 heterocycles. The molecule has 3 aromatic carbocycles. The second kappa shape index (κ2) is 13.5. The van der Waals surface area contributed by atoms with Crippen molar-refractivity contribution in [2.75, 3.05) is 24.4 Å². The predicted molar refractivity (Wildman–Crippen MR) is 164 cm³/mol. The maximum Gasteiger partial charge on any atom is 0.453 e.